The zero-order valence-corrected chi connectivity index (χ0v) is 17.4. The van der Waals surface area contributed by atoms with Crippen LogP contribution < -0.4 is 4.74 Å². The van der Waals surface area contributed by atoms with Crippen molar-refractivity contribution >= 4 is 29.1 Å². The van der Waals surface area contributed by atoms with E-state index in [1.807, 2.05) is 10.3 Å². The monoisotopic (exact) mass is 397 g/mol. The Morgan fingerprint density at radius 3 is 2.62 bits per heavy atom. The first-order chi connectivity index (χ1) is 12.2. The Balaban J connectivity index is 2.44. The lowest BCUT2D eigenvalue weighted by Crippen LogP contribution is -2.28. The number of allylic oxidation sites excluding steroid dienone is 2. The summed E-state index contributed by atoms with van der Waals surface area (Å²) in [6, 6.07) is 4.62. The van der Waals surface area contributed by atoms with Gasteiger partial charge >= 0.3 is 0 Å². The summed E-state index contributed by atoms with van der Waals surface area (Å²) in [7, 11) is 1.45. The van der Waals surface area contributed by atoms with Crippen LogP contribution in [0.1, 0.15) is 50.9 Å². The Bertz CT molecular complexity index is 753. The fraction of sp³-hybridized carbons (Fsp3) is 0.450. The van der Waals surface area contributed by atoms with Crippen molar-refractivity contribution in [2.45, 2.75) is 40.5 Å². The lowest BCUT2D eigenvalue weighted by atomic mass is 9.92. The van der Waals surface area contributed by atoms with Crippen molar-refractivity contribution in [2.75, 3.05) is 13.7 Å². The van der Waals surface area contributed by atoms with Gasteiger partial charge in [-0.2, -0.15) is 4.39 Å². The third kappa shape index (κ3) is 4.44. The first-order valence-electron chi connectivity index (χ1n) is 8.63. The minimum atomic E-state index is -0.776. The van der Waals surface area contributed by atoms with E-state index in [0.29, 0.717) is 22.3 Å². The molecule has 2 rings (SSSR count). The van der Waals surface area contributed by atoms with E-state index in [0.717, 1.165) is 18.5 Å². The zero-order chi connectivity index (χ0) is 19.5. The number of methoxy groups -OCH3 is 1. The summed E-state index contributed by atoms with van der Waals surface area (Å²) in [5.41, 5.74) is 1.01. The van der Waals surface area contributed by atoms with Crippen LogP contribution in [0.5, 0.6) is 5.75 Å². The summed E-state index contributed by atoms with van der Waals surface area (Å²) < 4.78 is 20.4. The third-order valence-corrected chi connectivity index (χ3v) is 5.31. The molecule has 0 saturated heterocycles. The van der Waals surface area contributed by atoms with Gasteiger partial charge in [-0.15, -0.1) is 0 Å². The molecule has 0 saturated carbocycles. The summed E-state index contributed by atoms with van der Waals surface area (Å²) in [5, 5.41) is 2.64. The Kier molecular flexibility index (Phi) is 6.80. The van der Waals surface area contributed by atoms with Gasteiger partial charge in [0.15, 0.2) is 0 Å². The SMILES string of the molecule is CCCCN1C(C(C)(C)C)=CSC1=C(F)C(=O)c1cc(Cl)ccc1OC. The predicted octanol–water partition coefficient (Wildman–Crippen LogP) is 6.41. The van der Waals surface area contributed by atoms with Gasteiger partial charge in [0.2, 0.25) is 11.6 Å². The minimum absolute atomic E-state index is 0.130. The molecule has 0 radical (unpaired) electrons. The first kappa shape index (κ1) is 20.8. The van der Waals surface area contributed by atoms with Crippen molar-refractivity contribution in [3.8, 4) is 5.75 Å². The van der Waals surface area contributed by atoms with Crippen LogP contribution in [-0.4, -0.2) is 24.3 Å². The number of nitrogens with zero attached hydrogens (tertiary/aromatic N) is 1. The highest BCUT2D eigenvalue weighted by atomic mass is 35.5. The quantitative estimate of drug-likeness (QED) is 0.410. The van der Waals surface area contributed by atoms with Crippen LogP contribution in [0.2, 0.25) is 5.02 Å². The number of hydrogen-bond donors (Lipinski definition) is 0. The van der Waals surface area contributed by atoms with E-state index in [9.17, 15) is 4.79 Å². The van der Waals surface area contributed by atoms with E-state index in [1.165, 1.54) is 24.9 Å². The van der Waals surface area contributed by atoms with Crippen molar-refractivity contribution in [2.24, 2.45) is 5.41 Å². The first-order valence-corrected chi connectivity index (χ1v) is 9.89. The Hall–Kier alpha value is -1.46. The topological polar surface area (TPSA) is 29.5 Å². The van der Waals surface area contributed by atoms with Crippen LogP contribution in [-0.2, 0) is 0 Å². The van der Waals surface area contributed by atoms with Gasteiger partial charge < -0.3 is 9.64 Å². The summed E-state index contributed by atoms with van der Waals surface area (Å²) in [4.78, 5) is 14.7. The van der Waals surface area contributed by atoms with Gasteiger partial charge in [0.1, 0.15) is 10.8 Å². The number of halogens is 2. The van der Waals surface area contributed by atoms with E-state index < -0.39 is 11.6 Å². The Morgan fingerprint density at radius 2 is 2.04 bits per heavy atom. The predicted molar refractivity (Wildman–Crippen MR) is 107 cm³/mol. The van der Waals surface area contributed by atoms with Crippen LogP contribution in [0.3, 0.4) is 0 Å². The normalized spacial score (nSPS) is 16.6. The van der Waals surface area contributed by atoms with Crippen molar-refractivity contribution in [1.82, 2.24) is 4.90 Å². The summed E-state index contributed by atoms with van der Waals surface area (Å²) in [6.07, 6.45) is 1.91. The molecule has 26 heavy (non-hydrogen) atoms. The molecular formula is C20H25ClFNO2S. The van der Waals surface area contributed by atoms with E-state index in [-0.39, 0.29) is 11.0 Å². The Labute approximate surface area is 164 Å². The smallest absolute Gasteiger partial charge is 0.227 e. The number of carbonyl (C=O) groups excluding carboxylic acids is 1. The molecule has 0 unspecified atom stereocenters. The molecule has 0 aromatic heterocycles. The number of thioether (sulfide) groups is 1. The van der Waals surface area contributed by atoms with Crippen LogP contribution in [0.25, 0.3) is 0 Å². The summed E-state index contributed by atoms with van der Waals surface area (Å²) >= 11 is 7.25. The summed E-state index contributed by atoms with van der Waals surface area (Å²) in [5.74, 6) is -1.18. The second kappa shape index (κ2) is 8.49. The van der Waals surface area contributed by atoms with Gasteiger partial charge in [0, 0.05) is 22.7 Å². The molecule has 0 N–H and O–H groups in total. The van der Waals surface area contributed by atoms with Crippen LogP contribution >= 0.6 is 23.4 Å². The van der Waals surface area contributed by atoms with Crippen molar-refractivity contribution in [1.29, 1.82) is 0 Å². The highest BCUT2D eigenvalue weighted by Crippen LogP contribution is 2.45. The maximum atomic E-state index is 15.2. The van der Waals surface area contributed by atoms with Crippen LogP contribution in [0, 0.1) is 5.41 Å². The van der Waals surface area contributed by atoms with E-state index >= 15 is 4.39 Å². The maximum absolute atomic E-state index is 15.2. The molecule has 1 aromatic carbocycles. The minimum Gasteiger partial charge on any atom is -0.496 e. The van der Waals surface area contributed by atoms with Gasteiger partial charge in [-0.25, -0.2) is 0 Å². The molecule has 1 heterocycles. The number of Topliss-reactive ketones (excluding diaryl/α,β-unsaturated/α-hetero) is 1. The Morgan fingerprint density at radius 1 is 1.35 bits per heavy atom. The number of hydrogen-bond acceptors (Lipinski definition) is 4. The third-order valence-electron chi connectivity index (χ3n) is 4.12. The van der Waals surface area contributed by atoms with Gasteiger partial charge in [-0.05, 0) is 30.0 Å². The molecule has 1 aromatic rings. The molecule has 0 aliphatic carbocycles. The standard InChI is InChI=1S/C20H25ClFNO2S/c1-6-7-10-23-16(20(2,3)4)12-26-19(23)17(22)18(24)14-11-13(21)8-9-15(14)25-5/h8-9,11-12H,6-7,10H2,1-5H3. The van der Waals surface area contributed by atoms with E-state index in [4.69, 9.17) is 16.3 Å². The fourth-order valence-corrected chi connectivity index (χ4v) is 4.10. The number of carbonyl (C=O) groups is 1. The van der Waals surface area contributed by atoms with Crippen molar-refractivity contribution < 1.29 is 13.9 Å². The molecule has 0 fully saturated rings. The van der Waals surface area contributed by atoms with Gasteiger partial charge in [-0.1, -0.05) is 57.5 Å². The summed E-state index contributed by atoms with van der Waals surface area (Å²) in [6.45, 7) is 9.02. The second-order valence-electron chi connectivity index (χ2n) is 7.17. The van der Waals surface area contributed by atoms with Crippen LogP contribution in [0.15, 0.2) is 40.2 Å². The molecule has 1 aliphatic heterocycles. The maximum Gasteiger partial charge on any atom is 0.227 e. The number of benzene rings is 1. The number of rotatable bonds is 6. The van der Waals surface area contributed by atoms with E-state index in [1.54, 1.807) is 12.1 Å². The van der Waals surface area contributed by atoms with Gasteiger partial charge in [-0.3, -0.25) is 4.79 Å². The molecule has 0 atom stereocenters. The molecule has 0 amide bonds. The molecule has 3 nitrogen and oxygen atoms in total. The highest BCUT2D eigenvalue weighted by Gasteiger charge is 2.34. The zero-order valence-electron chi connectivity index (χ0n) is 15.9. The molecular weight excluding hydrogens is 373 g/mol. The fourth-order valence-electron chi connectivity index (χ4n) is 2.71. The second-order valence-corrected chi connectivity index (χ2v) is 8.46. The average molecular weight is 398 g/mol. The number of unbranched alkanes of at least 4 members (excludes halogenated alkanes) is 1. The van der Waals surface area contributed by atoms with Gasteiger partial charge in [0.25, 0.3) is 0 Å². The van der Waals surface area contributed by atoms with Gasteiger partial charge in [0.05, 0.1) is 12.7 Å². The molecule has 1 aliphatic rings. The number of ketones is 1. The van der Waals surface area contributed by atoms with Crippen LogP contribution in [0.4, 0.5) is 4.39 Å². The lowest BCUT2D eigenvalue weighted by Gasteiger charge is -2.31. The molecule has 0 spiro atoms. The number of ether oxygens (including phenoxy) is 1. The van der Waals surface area contributed by atoms with Crippen molar-refractivity contribution in [3.05, 3.63) is 50.7 Å². The molecule has 6 heteroatoms. The van der Waals surface area contributed by atoms with Crippen molar-refractivity contribution in [3.63, 3.8) is 0 Å². The molecule has 0 bridgehead atoms. The lowest BCUT2D eigenvalue weighted by molar-refractivity contribution is 0.0997. The highest BCUT2D eigenvalue weighted by molar-refractivity contribution is 8.06. The largest absolute Gasteiger partial charge is 0.496 e. The average Bonchev–Trinajstić information content (AvgIpc) is 3.02. The molecule has 142 valence electrons. The van der Waals surface area contributed by atoms with E-state index in [2.05, 4.69) is 27.7 Å².